The van der Waals surface area contributed by atoms with Gasteiger partial charge in [0.25, 0.3) is 6.47 Å². The molecule has 0 radical (unpaired) electrons. The van der Waals surface area contributed by atoms with Crippen LogP contribution in [0.2, 0.25) is 5.02 Å². The summed E-state index contributed by atoms with van der Waals surface area (Å²) in [4.78, 5) is 13.1. The zero-order valence-corrected chi connectivity index (χ0v) is 7.34. The second kappa shape index (κ2) is 3.11. The minimum atomic E-state index is 0.392. The predicted molar refractivity (Wildman–Crippen MR) is 50.0 cm³/mol. The SMILES string of the molecule is O=COc1c[nH]c2c(Cl)cccc12. The summed E-state index contributed by atoms with van der Waals surface area (Å²) in [6, 6.07) is 5.40. The molecular weight excluding hydrogens is 190 g/mol. The average Bonchev–Trinajstić information content (AvgIpc) is 2.51. The summed E-state index contributed by atoms with van der Waals surface area (Å²) in [5, 5.41) is 1.41. The Bertz CT molecular complexity index is 450. The number of benzene rings is 1. The van der Waals surface area contributed by atoms with Crippen LogP contribution in [0.5, 0.6) is 5.75 Å². The highest BCUT2D eigenvalue weighted by molar-refractivity contribution is 6.35. The van der Waals surface area contributed by atoms with Crippen LogP contribution in [0.1, 0.15) is 0 Å². The highest BCUT2D eigenvalue weighted by Crippen LogP contribution is 2.29. The lowest BCUT2D eigenvalue weighted by atomic mass is 10.2. The molecule has 0 amide bonds. The molecule has 0 bridgehead atoms. The second-order valence-electron chi connectivity index (χ2n) is 2.53. The van der Waals surface area contributed by atoms with E-state index < -0.39 is 0 Å². The molecule has 2 aromatic rings. The van der Waals surface area contributed by atoms with Crippen LogP contribution >= 0.6 is 11.6 Å². The highest BCUT2D eigenvalue weighted by atomic mass is 35.5. The Kier molecular flexibility index (Phi) is 1.94. The molecule has 0 spiro atoms. The monoisotopic (exact) mass is 195 g/mol. The van der Waals surface area contributed by atoms with Crippen molar-refractivity contribution in [2.24, 2.45) is 0 Å². The Morgan fingerprint density at radius 2 is 2.31 bits per heavy atom. The van der Waals surface area contributed by atoms with Crippen LogP contribution < -0.4 is 4.74 Å². The molecule has 0 fully saturated rings. The number of fused-ring (bicyclic) bond motifs is 1. The largest absolute Gasteiger partial charge is 0.426 e. The predicted octanol–water partition coefficient (Wildman–Crippen LogP) is 2.36. The summed E-state index contributed by atoms with van der Waals surface area (Å²) in [5.74, 6) is 0.493. The van der Waals surface area contributed by atoms with E-state index in [0.717, 1.165) is 10.9 Å². The van der Waals surface area contributed by atoms with Crippen molar-refractivity contribution < 1.29 is 9.53 Å². The summed E-state index contributed by atoms with van der Waals surface area (Å²) in [7, 11) is 0. The van der Waals surface area contributed by atoms with Crippen molar-refractivity contribution in [3.8, 4) is 5.75 Å². The zero-order valence-electron chi connectivity index (χ0n) is 6.58. The first-order valence-corrected chi connectivity index (χ1v) is 4.06. The van der Waals surface area contributed by atoms with E-state index >= 15 is 0 Å². The van der Waals surface area contributed by atoms with Crippen LogP contribution in [0.3, 0.4) is 0 Å². The molecule has 0 aliphatic carbocycles. The van der Waals surface area contributed by atoms with Gasteiger partial charge in [-0.1, -0.05) is 17.7 Å². The van der Waals surface area contributed by atoms with Gasteiger partial charge in [-0.15, -0.1) is 0 Å². The van der Waals surface area contributed by atoms with E-state index in [9.17, 15) is 4.79 Å². The number of ether oxygens (including phenoxy) is 1. The van der Waals surface area contributed by atoms with Gasteiger partial charge in [-0.25, -0.2) is 0 Å². The van der Waals surface area contributed by atoms with Crippen molar-refractivity contribution in [3.63, 3.8) is 0 Å². The van der Waals surface area contributed by atoms with Crippen LogP contribution in [0.25, 0.3) is 10.9 Å². The van der Waals surface area contributed by atoms with E-state index in [1.807, 2.05) is 6.07 Å². The molecule has 1 aromatic heterocycles. The maximum absolute atomic E-state index is 10.1. The molecule has 3 nitrogen and oxygen atoms in total. The van der Waals surface area contributed by atoms with Gasteiger partial charge in [0.2, 0.25) is 0 Å². The smallest absolute Gasteiger partial charge is 0.298 e. The molecule has 2 rings (SSSR count). The van der Waals surface area contributed by atoms with Crippen molar-refractivity contribution in [1.29, 1.82) is 0 Å². The van der Waals surface area contributed by atoms with Gasteiger partial charge in [0, 0.05) is 11.6 Å². The van der Waals surface area contributed by atoms with Gasteiger partial charge in [-0.2, -0.15) is 0 Å². The van der Waals surface area contributed by atoms with Crippen LogP contribution in [0.4, 0.5) is 0 Å². The van der Waals surface area contributed by atoms with Crippen LogP contribution in [-0.4, -0.2) is 11.5 Å². The number of aromatic nitrogens is 1. The zero-order chi connectivity index (χ0) is 9.26. The van der Waals surface area contributed by atoms with Crippen molar-refractivity contribution >= 4 is 29.0 Å². The molecule has 0 unspecified atom stereocenters. The summed E-state index contributed by atoms with van der Waals surface area (Å²) in [6.45, 7) is 0.392. The Labute approximate surface area is 79.3 Å². The van der Waals surface area contributed by atoms with Gasteiger partial charge < -0.3 is 9.72 Å². The lowest BCUT2D eigenvalue weighted by Crippen LogP contribution is -1.85. The average molecular weight is 196 g/mol. The summed E-state index contributed by atoms with van der Waals surface area (Å²) in [5.41, 5.74) is 0.779. The number of aromatic amines is 1. The molecule has 1 aromatic carbocycles. The highest BCUT2D eigenvalue weighted by Gasteiger charge is 2.05. The third-order valence-corrected chi connectivity index (χ3v) is 2.12. The topological polar surface area (TPSA) is 42.1 Å². The molecule has 4 heteroatoms. The maximum atomic E-state index is 10.1. The Balaban J connectivity index is 2.67. The number of carbonyl (C=O) groups is 1. The van der Waals surface area contributed by atoms with Gasteiger partial charge >= 0.3 is 0 Å². The van der Waals surface area contributed by atoms with Crippen molar-refractivity contribution in [2.75, 3.05) is 0 Å². The lowest BCUT2D eigenvalue weighted by Gasteiger charge is -1.94. The van der Waals surface area contributed by atoms with Crippen molar-refractivity contribution in [1.82, 2.24) is 4.98 Å². The lowest BCUT2D eigenvalue weighted by molar-refractivity contribution is -0.120. The number of hydrogen-bond donors (Lipinski definition) is 1. The summed E-state index contributed by atoms with van der Waals surface area (Å²) < 4.78 is 4.74. The van der Waals surface area contributed by atoms with E-state index in [2.05, 4.69) is 4.98 Å². The van der Waals surface area contributed by atoms with Gasteiger partial charge in [0.15, 0.2) is 5.75 Å². The fraction of sp³-hybridized carbons (Fsp3) is 0. The van der Waals surface area contributed by atoms with E-state index in [1.165, 1.54) is 0 Å². The van der Waals surface area contributed by atoms with Gasteiger partial charge in [-0.3, -0.25) is 4.79 Å². The van der Waals surface area contributed by atoms with Gasteiger partial charge in [0.1, 0.15) is 0 Å². The van der Waals surface area contributed by atoms with Crippen LogP contribution in [0.15, 0.2) is 24.4 Å². The Morgan fingerprint density at radius 1 is 1.46 bits per heavy atom. The molecule has 0 saturated carbocycles. The molecule has 13 heavy (non-hydrogen) atoms. The normalized spacial score (nSPS) is 10.2. The molecule has 1 heterocycles. The standard InChI is InChI=1S/C9H6ClNO2/c10-7-3-1-2-6-8(13-5-12)4-11-9(6)7/h1-5,11H. The first-order valence-electron chi connectivity index (χ1n) is 3.69. The van der Waals surface area contributed by atoms with Crippen molar-refractivity contribution in [2.45, 2.75) is 0 Å². The molecule has 0 atom stereocenters. The second-order valence-corrected chi connectivity index (χ2v) is 2.94. The molecule has 1 N–H and O–H groups in total. The van der Waals surface area contributed by atoms with E-state index in [1.54, 1.807) is 18.3 Å². The third-order valence-electron chi connectivity index (χ3n) is 1.80. The van der Waals surface area contributed by atoms with Crippen LogP contribution in [0, 0.1) is 0 Å². The number of para-hydroxylation sites is 1. The summed E-state index contributed by atoms with van der Waals surface area (Å²) >= 11 is 5.90. The molecule has 66 valence electrons. The number of rotatable bonds is 2. The minimum absolute atomic E-state index is 0.392. The van der Waals surface area contributed by atoms with Crippen LogP contribution in [-0.2, 0) is 4.79 Å². The van der Waals surface area contributed by atoms with Gasteiger partial charge in [0.05, 0.1) is 10.5 Å². The number of carbonyl (C=O) groups excluding carboxylic acids is 1. The van der Waals surface area contributed by atoms with E-state index in [0.29, 0.717) is 17.2 Å². The summed E-state index contributed by atoms with van der Waals surface area (Å²) in [6.07, 6.45) is 1.60. The van der Waals surface area contributed by atoms with E-state index in [-0.39, 0.29) is 0 Å². The number of hydrogen-bond acceptors (Lipinski definition) is 2. The van der Waals surface area contributed by atoms with E-state index in [4.69, 9.17) is 16.3 Å². The number of nitrogens with one attached hydrogen (secondary N) is 1. The number of H-pyrrole nitrogens is 1. The maximum Gasteiger partial charge on any atom is 0.298 e. The quantitative estimate of drug-likeness (QED) is 0.748. The molecular formula is C9H6ClNO2. The molecule has 0 aliphatic heterocycles. The van der Waals surface area contributed by atoms with Gasteiger partial charge in [-0.05, 0) is 12.1 Å². The first kappa shape index (κ1) is 8.13. The first-order chi connectivity index (χ1) is 6.33. The third kappa shape index (κ3) is 1.27. The molecule has 0 saturated heterocycles. The molecule has 0 aliphatic rings. The Hall–Kier alpha value is -1.48. The minimum Gasteiger partial charge on any atom is -0.426 e. The Morgan fingerprint density at radius 3 is 3.08 bits per heavy atom. The van der Waals surface area contributed by atoms with Crippen molar-refractivity contribution in [3.05, 3.63) is 29.4 Å². The number of halogens is 1. The fourth-order valence-corrected chi connectivity index (χ4v) is 1.47. The fourth-order valence-electron chi connectivity index (χ4n) is 1.24.